The van der Waals surface area contributed by atoms with Gasteiger partial charge in [0.2, 0.25) is 0 Å². The molecule has 1 fully saturated rings. The molecule has 0 aromatic rings. The number of rotatable bonds is 7. The quantitative estimate of drug-likeness (QED) is 0.640. The molecule has 0 heterocycles. The minimum Gasteiger partial charge on any atom is -0.382 e. The van der Waals surface area contributed by atoms with Crippen LogP contribution in [0, 0.1) is 0 Å². The molecule has 0 spiro atoms. The molecule has 1 aliphatic carbocycles. The van der Waals surface area contributed by atoms with Crippen LogP contribution in [-0.2, 0) is 14.2 Å². The smallest absolute Gasteiger partial charge is 0.0991 e. The summed E-state index contributed by atoms with van der Waals surface area (Å²) >= 11 is 0. The second kappa shape index (κ2) is 6.43. The summed E-state index contributed by atoms with van der Waals surface area (Å²) in [5.74, 6) is 0. The molecule has 0 amide bonds. The van der Waals surface area contributed by atoms with Crippen molar-refractivity contribution in [1.29, 1.82) is 0 Å². The van der Waals surface area contributed by atoms with Crippen LogP contribution in [0.1, 0.15) is 20.3 Å². The van der Waals surface area contributed by atoms with E-state index in [4.69, 9.17) is 14.2 Å². The van der Waals surface area contributed by atoms with Gasteiger partial charge in [0.05, 0.1) is 31.5 Å². The first kappa shape index (κ1) is 12.9. The van der Waals surface area contributed by atoms with Gasteiger partial charge in [-0.3, -0.25) is 0 Å². The van der Waals surface area contributed by atoms with Gasteiger partial charge in [-0.15, -0.1) is 0 Å². The van der Waals surface area contributed by atoms with E-state index in [0.717, 1.165) is 6.42 Å². The van der Waals surface area contributed by atoms with Crippen LogP contribution in [0.5, 0.6) is 0 Å². The van der Waals surface area contributed by atoms with Gasteiger partial charge in [0.25, 0.3) is 0 Å². The van der Waals surface area contributed by atoms with Crippen molar-refractivity contribution >= 4 is 0 Å². The molecule has 4 heteroatoms. The highest BCUT2D eigenvalue weighted by Crippen LogP contribution is 2.28. The number of ether oxygens (including phenoxy) is 3. The SMILES string of the molecule is CNC1CC(OC(C)C)C1OCCOC. The zero-order valence-electron chi connectivity index (χ0n) is 10.2. The lowest BCUT2D eigenvalue weighted by molar-refractivity contribution is -0.164. The normalized spacial score (nSPS) is 30.6. The Morgan fingerprint density at radius 3 is 2.60 bits per heavy atom. The van der Waals surface area contributed by atoms with Crippen LogP contribution >= 0.6 is 0 Å². The topological polar surface area (TPSA) is 39.7 Å². The first-order valence-electron chi connectivity index (χ1n) is 5.62. The largest absolute Gasteiger partial charge is 0.382 e. The summed E-state index contributed by atoms with van der Waals surface area (Å²) in [6, 6.07) is 0.422. The minimum atomic E-state index is 0.174. The van der Waals surface area contributed by atoms with Crippen LogP contribution in [0.15, 0.2) is 0 Å². The monoisotopic (exact) mass is 217 g/mol. The number of methoxy groups -OCH3 is 1. The summed E-state index contributed by atoms with van der Waals surface area (Å²) in [6.45, 7) is 5.39. The van der Waals surface area contributed by atoms with Crippen LogP contribution in [0.3, 0.4) is 0 Å². The van der Waals surface area contributed by atoms with Crippen molar-refractivity contribution in [1.82, 2.24) is 5.32 Å². The second-order valence-electron chi connectivity index (χ2n) is 4.18. The maximum absolute atomic E-state index is 5.76. The fraction of sp³-hybridized carbons (Fsp3) is 1.00. The Bertz CT molecular complexity index is 175. The maximum Gasteiger partial charge on any atom is 0.0991 e. The van der Waals surface area contributed by atoms with E-state index in [-0.39, 0.29) is 18.3 Å². The molecule has 4 nitrogen and oxygen atoms in total. The first-order valence-corrected chi connectivity index (χ1v) is 5.62. The van der Waals surface area contributed by atoms with Gasteiger partial charge in [0.1, 0.15) is 0 Å². The van der Waals surface area contributed by atoms with E-state index in [1.54, 1.807) is 7.11 Å². The van der Waals surface area contributed by atoms with Gasteiger partial charge in [0, 0.05) is 13.2 Å². The zero-order chi connectivity index (χ0) is 11.3. The average molecular weight is 217 g/mol. The predicted octanol–water partition coefficient (Wildman–Crippen LogP) is 0.803. The lowest BCUT2D eigenvalue weighted by atomic mass is 9.85. The Kier molecular flexibility index (Phi) is 5.53. The zero-order valence-corrected chi connectivity index (χ0v) is 10.2. The van der Waals surface area contributed by atoms with Gasteiger partial charge in [-0.2, -0.15) is 0 Å². The van der Waals surface area contributed by atoms with E-state index >= 15 is 0 Å². The molecular formula is C11H23NO3. The van der Waals surface area contributed by atoms with Crippen molar-refractivity contribution in [2.24, 2.45) is 0 Å². The third kappa shape index (κ3) is 3.72. The van der Waals surface area contributed by atoms with Crippen LogP contribution in [0.4, 0.5) is 0 Å². The van der Waals surface area contributed by atoms with Crippen molar-refractivity contribution in [3.8, 4) is 0 Å². The first-order chi connectivity index (χ1) is 7.19. The summed E-state index contributed by atoms with van der Waals surface area (Å²) in [7, 11) is 3.64. The van der Waals surface area contributed by atoms with E-state index in [0.29, 0.717) is 19.3 Å². The highest BCUT2D eigenvalue weighted by molar-refractivity contribution is 4.96. The molecule has 90 valence electrons. The number of nitrogens with one attached hydrogen (secondary N) is 1. The Morgan fingerprint density at radius 1 is 1.33 bits per heavy atom. The van der Waals surface area contributed by atoms with Crippen molar-refractivity contribution < 1.29 is 14.2 Å². The fourth-order valence-corrected chi connectivity index (χ4v) is 1.84. The minimum absolute atomic E-state index is 0.174. The summed E-state index contributed by atoms with van der Waals surface area (Å²) in [5.41, 5.74) is 0. The lowest BCUT2D eigenvalue weighted by Gasteiger charge is -2.44. The van der Waals surface area contributed by atoms with E-state index in [1.807, 2.05) is 7.05 Å². The molecule has 0 aliphatic heterocycles. The molecule has 3 unspecified atom stereocenters. The van der Waals surface area contributed by atoms with Crippen molar-refractivity contribution in [3.05, 3.63) is 0 Å². The van der Waals surface area contributed by atoms with Crippen molar-refractivity contribution in [3.63, 3.8) is 0 Å². The molecule has 1 rings (SSSR count). The molecule has 15 heavy (non-hydrogen) atoms. The van der Waals surface area contributed by atoms with Gasteiger partial charge < -0.3 is 19.5 Å². The van der Waals surface area contributed by atoms with Crippen LogP contribution in [-0.4, -0.2) is 51.7 Å². The molecule has 0 bridgehead atoms. The number of hydrogen-bond donors (Lipinski definition) is 1. The van der Waals surface area contributed by atoms with E-state index < -0.39 is 0 Å². The average Bonchev–Trinajstić information content (AvgIpc) is 2.18. The van der Waals surface area contributed by atoms with E-state index in [9.17, 15) is 0 Å². The standard InChI is InChI=1S/C11H23NO3/c1-8(2)15-10-7-9(12-3)11(10)14-6-5-13-4/h8-12H,5-7H2,1-4H3. The van der Waals surface area contributed by atoms with Crippen LogP contribution in [0.2, 0.25) is 0 Å². The van der Waals surface area contributed by atoms with Gasteiger partial charge in [-0.1, -0.05) is 0 Å². The molecule has 0 aromatic carbocycles. The van der Waals surface area contributed by atoms with E-state index in [2.05, 4.69) is 19.2 Å². The lowest BCUT2D eigenvalue weighted by Crippen LogP contribution is -2.60. The molecule has 0 saturated heterocycles. The summed E-state index contributed by atoms with van der Waals surface area (Å²) in [4.78, 5) is 0. The summed E-state index contributed by atoms with van der Waals surface area (Å²) in [5, 5.41) is 3.24. The van der Waals surface area contributed by atoms with E-state index in [1.165, 1.54) is 0 Å². The Balaban J connectivity index is 2.27. The van der Waals surface area contributed by atoms with Crippen molar-refractivity contribution in [2.45, 2.75) is 44.6 Å². The number of hydrogen-bond acceptors (Lipinski definition) is 4. The Labute approximate surface area is 92.3 Å². The third-order valence-electron chi connectivity index (χ3n) is 2.66. The Morgan fingerprint density at radius 2 is 2.07 bits per heavy atom. The highest BCUT2D eigenvalue weighted by atomic mass is 16.6. The van der Waals surface area contributed by atoms with Crippen LogP contribution < -0.4 is 5.32 Å². The second-order valence-corrected chi connectivity index (χ2v) is 4.18. The predicted molar refractivity (Wildman–Crippen MR) is 59.1 cm³/mol. The Hall–Kier alpha value is -0.160. The van der Waals surface area contributed by atoms with Gasteiger partial charge >= 0.3 is 0 Å². The molecule has 1 N–H and O–H groups in total. The van der Waals surface area contributed by atoms with Crippen LogP contribution in [0.25, 0.3) is 0 Å². The molecular weight excluding hydrogens is 194 g/mol. The van der Waals surface area contributed by atoms with Gasteiger partial charge in [-0.05, 0) is 27.3 Å². The summed E-state index contributed by atoms with van der Waals surface area (Å²) in [6.07, 6.45) is 1.71. The third-order valence-corrected chi connectivity index (χ3v) is 2.66. The molecule has 1 saturated carbocycles. The molecule has 3 atom stereocenters. The highest BCUT2D eigenvalue weighted by Gasteiger charge is 2.42. The van der Waals surface area contributed by atoms with Crippen molar-refractivity contribution in [2.75, 3.05) is 27.4 Å². The maximum atomic E-state index is 5.76. The summed E-state index contributed by atoms with van der Waals surface area (Å²) < 4.78 is 16.4. The van der Waals surface area contributed by atoms with Gasteiger partial charge in [-0.25, -0.2) is 0 Å². The number of likely N-dealkylation sites (N-methyl/N-ethyl adjacent to an activating group) is 1. The molecule has 0 aromatic heterocycles. The fourth-order valence-electron chi connectivity index (χ4n) is 1.84. The van der Waals surface area contributed by atoms with Gasteiger partial charge in [0.15, 0.2) is 0 Å². The molecule has 0 radical (unpaired) electrons. The molecule has 1 aliphatic rings.